The van der Waals surface area contributed by atoms with Crippen LogP contribution in [0, 0.1) is 6.92 Å². The SMILES string of the molecule is Cc1ccc(C(=O)N2CCO[C@@H](CN3CCN(c4ccccc4)CC3)C2)cc1. The molecule has 1 atom stereocenters. The summed E-state index contributed by atoms with van der Waals surface area (Å²) in [5, 5.41) is 0. The fraction of sp³-hybridized carbons (Fsp3) is 0.435. The van der Waals surface area contributed by atoms with Gasteiger partial charge in [0.05, 0.1) is 12.7 Å². The van der Waals surface area contributed by atoms with Crippen LogP contribution in [0.2, 0.25) is 0 Å². The average Bonchev–Trinajstić information content (AvgIpc) is 2.75. The monoisotopic (exact) mass is 379 g/mol. The van der Waals surface area contributed by atoms with Crippen molar-refractivity contribution in [3.8, 4) is 0 Å². The lowest BCUT2D eigenvalue weighted by Gasteiger charge is -2.40. The maximum Gasteiger partial charge on any atom is 0.254 e. The van der Waals surface area contributed by atoms with E-state index in [0.29, 0.717) is 19.7 Å². The molecule has 28 heavy (non-hydrogen) atoms. The van der Waals surface area contributed by atoms with Gasteiger partial charge in [0, 0.05) is 57.1 Å². The second kappa shape index (κ2) is 8.76. The van der Waals surface area contributed by atoms with Crippen molar-refractivity contribution in [2.24, 2.45) is 0 Å². The number of carbonyl (C=O) groups is 1. The molecular weight excluding hydrogens is 350 g/mol. The molecule has 0 spiro atoms. The molecule has 2 aromatic carbocycles. The predicted molar refractivity (Wildman–Crippen MR) is 112 cm³/mol. The molecule has 148 valence electrons. The lowest BCUT2D eigenvalue weighted by atomic mass is 10.1. The summed E-state index contributed by atoms with van der Waals surface area (Å²) in [5.74, 6) is 0.113. The fourth-order valence-corrected chi connectivity index (χ4v) is 4.01. The zero-order valence-corrected chi connectivity index (χ0v) is 16.6. The summed E-state index contributed by atoms with van der Waals surface area (Å²) in [6.07, 6.45) is 0.0893. The lowest BCUT2D eigenvalue weighted by molar-refractivity contribution is -0.0363. The number of aryl methyl sites for hydroxylation is 1. The van der Waals surface area contributed by atoms with Crippen LogP contribution in [-0.2, 0) is 4.74 Å². The van der Waals surface area contributed by atoms with E-state index in [9.17, 15) is 4.79 Å². The van der Waals surface area contributed by atoms with Crippen LogP contribution in [0.4, 0.5) is 5.69 Å². The Hall–Kier alpha value is -2.37. The molecule has 2 heterocycles. The highest BCUT2D eigenvalue weighted by Gasteiger charge is 2.27. The van der Waals surface area contributed by atoms with Gasteiger partial charge in [0.25, 0.3) is 5.91 Å². The highest BCUT2D eigenvalue weighted by atomic mass is 16.5. The first-order valence-corrected chi connectivity index (χ1v) is 10.2. The fourth-order valence-electron chi connectivity index (χ4n) is 4.01. The molecule has 0 aromatic heterocycles. The Morgan fingerprint density at radius 3 is 2.39 bits per heavy atom. The Balaban J connectivity index is 1.28. The highest BCUT2D eigenvalue weighted by Crippen LogP contribution is 2.17. The number of morpholine rings is 1. The number of piperazine rings is 1. The van der Waals surface area contributed by atoms with Gasteiger partial charge in [0.15, 0.2) is 0 Å². The molecule has 2 fully saturated rings. The summed E-state index contributed by atoms with van der Waals surface area (Å²) in [7, 11) is 0. The number of carbonyl (C=O) groups excluding carboxylic acids is 1. The van der Waals surface area contributed by atoms with Gasteiger partial charge < -0.3 is 14.5 Å². The van der Waals surface area contributed by atoms with E-state index in [1.54, 1.807) is 0 Å². The first-order valence-electron chi connectivity index (χ1n) is 10.2. The quantitative estimate of drug-likeness (QED) is 0.818. The molecule has 0 aliphatic carbocycles. The van der Waals surface area contributed by atoms with E-state index in [4.69, 9.17) is 4.74 Å². The molecule has 2 saturated heterocycles. The smallest absolute Gasteiger partial charge is 0.254 e. The third-order valence-corrected chi connectivity index (χ3v) is 5.68. The van der Waals surface area contributed by atoms with Crippen LogP contribution in [-0.4, -0.2) is 74.2 Å². The summed E-state index contributed by atoms with van der Waals surface area (Å²) in [4.78, 5) is 19.6. The summed E-state index contributed by atoms with van der Waals surface area (Å²) in [6.45, 7) is 9.01. The van der Waals surface area contributed by atoms with E-state index in [-0.39, 0.29) is 12.0 Å². The zero-order valence-electron chi connectivity index (χ0n) is 16.6. The number of rotatable bonds is 4. The van der Waals surface area contributed by atoms with Crippen molar-refractivity contribution in [1.82, 2.24) is 9.80 Å². The summed E-state index contributed by atoms with van der Waals surface area (Å²) >= 11 is 0. The normalized spacial score (nSPS) is 21.0. The van der Waals surface area contributed by atoms with Gasteiger partial charge in [-0.2, -0.15) is 0 Å². The van der Waals surface area contributed by atoms with Crippen molar-refractivity contribution in [3.63, 3.8) is 0 Å². The van der Waals surface area contributed by atoms with Crippen molar-refractivity contribution in [2.45, 2.75) is 13.0 Å². The van der Waals surface area contributed by atoms with Crippen molar-refractivity contribution in [1.29, 1.82) is 0 Å². The lowest BCUT2D eigenvalue weighted by Crippen LogP contribution is -2.53. The molecule has 2 aliphatic heterocycles. The molecule has 2 aromatic rings. The van der Waals surface area contributed by atoms with Crippen molar-refractivity contribution in [3.05, 3.63) is 65.7 Å². The number of hydrogen-bond acceptors (Lipinski definition) is 4. The molecular formula is C23H29N3O2. The maximum absolute atomic E-state index is 12.8. The zero-order chi connectivity index (χ0) is 19.3. The first-order chi connectivity index (χ1) is 13.7. The number of para-hydroxylation sites is 1. The minimum atomic E-state index is 0.0893. The molecule has 5 nitrogen and oxygen atoms in total. The summed E-state index contributed by atoms with van der Waals surface area (Å²) in [5.41, 5.74) is 3.24. The predicted octanol–water partition coefficient (Wildman–Crippen LogP) is 2.66. The summed E-state index contributed by atoms with van der Waals surface area (Å²) < 4.78 is 5.98. The molecule has 0 radical (unpaired) electrons. The van der Waals surface area contributed by atoms with Crippen LogP contribution in [0.25, 0.3) is 0 Å². The minimum Gasteiger partial charge on any atom is -0.373 e. The molecule has 5 heteroatoms. The Morgan fingerprint density at radius 1 is 0.964 bits per heavy atom. The Kier molecular flexibility index (Phi) is 5.93. The number of anilines is 1. The highest BCUT2D eigenvalue weighted by molar-refractivity contribution is 5.94. The maximum atomic E-state index is 12.8. The van der Waals surface area contributed by atoms with Crippen LogP contribution in [0.15, 0.2) is 54.6 Å². The van der Waals surface area contributed by atoms with Crippen molar-refractivity contribution >= 4 is 11.6 Å². The molecule has 0 N–H and O–H groups in total. The van der Waals surface area contributed by atoms with Crippen LogP contribution in [0.5, 0.6) is 0 Å². The van der Waals surface area contributed by atoms with Crippen LogP contribution in [0.1, 0.15) is 15.9 Å². The summed E-state index contributed by atoms with van der Waals surface area (Å²) in [6, 6.07) is 18.4. The van der Waals surface area contributed by atoms with Gasteiger partial charge in [0.2, 0.25) is 0 Å². The Morgan fingerprint density at radius 2 is 1.68 bits per heavy atom. The van der Waals surface area contributed by atoms with Gasteiger partial charge >= 0.3 is 0 Å². The third kappa shape index (κ3) is 4.54. The third-order valence-electron chi connectivity index (χ3n) is 5.68. The molecule has 4 rings (SSSR count). The Bertz CT molecular complexity index is 770. The van der Waals surface area contributed by atoms with Crippen LogP contribution >= 0.6 is 0 Å². The van der Waals surface area contributed by atoms with Gasteiger partial charge in [0.1, 0.15) is 0 Å². The largest absolute Gasteiger partial charge is 0.373 e. The Labute approximate surface area is 167 Å². The van der Waals surface area contributed by atoms with E-state index >= 15 is 0 Å². The van der Waals surface area contributed by atoms with E-state index < -0.39 is 0 Å². The average molecular weight is 380 g/mol. The van der Waals surface area contributed by atoms with E-state index in [0.717, 1.165) is 38.3 Å². The molecule has 1 amide bonds. The molecule has 0 saturated carbocycles. The second-order valence-corrected chi connectivity index (χ2v) is 7.73. The number of hydrogen-bond donors (Lipinski definition) is 0. The van der Waals surface area contributed by atoms with Gasteiger partial charge in [-0.25, -0.2) is 0 Å². The first kappa shape index (κ1) is 19.0. The van der Waals surface area contributed by atoms with Crippen LogP contribution in [0.3, 0.4) is 0 Å². The van der Waals surface area contributed by atoms with Gasteiger partial charge in [-0.05, 0) is 31.2 Å². The van der Waals surface area contributed by atoms with Crippen LogP contribution < -0.4 is 4.90 Å². The van der Waals surface area contributed by atoms with Gasteiger partial charge in [-0.3, -0.25) is 9.69 Å². The number of benzene rings is 2. The van der Waals surface area contributed by atoms with Gasteiger partial charge in [-0.1, -0.05) is 35.9 Å². The molecule has 2 aliphatic rings. The second-order valence-electron chi connectivity index (χ2n) is 7.73. The molecule has 0 bridgehead atoms. The van der Waals surface area contributed by atoms with Crippen molar-refractivity contribution in [2.75, 3.05) is 57.3 Å². The van der Waals surface area contributed by atoms with Gasteiger partial charge in [-0.15, -0.1) is 0 Å². The molecule has 0 unspecified atom stereocenters. The number of ether oxygens (including phenoxy) is 1. The topological polar surface area (TPSA) is 36.0 Å². The minimum absolute atomic E-state index is 0.0893. The van der Waals surface area contributed by atoms with E-state index in [1.165, 1.54) is 11.3 Å². The standard InChI is InChI=1S/C23H29N3O2/c1-19-7-9-20(10-8-19)23(27)26-15-16-28-22(18-26)17-24-11-13-25(14-12-24)21-5-3-2-4-6-21/h2-10,22H,11-18H2,1H3/t22-/m0/s1. The number of amides is 1. The van der Waals surface area contributed by atoms with E-state index in [1.807, 2.05) is 36.1 Å². The number of nitrogens with zero attached hydrogens (tertiary/aromatic N) is 3. The van der Waals surface area contributed by atoms with E-state index in [2.05, 4.69) is 40.1 Å². The van der Waals surface area contributed by atoms with Crippen molar-refractivity contribution < 1.29 is 9.53 Å².